The lowest BCUT2D eigenvalue weighted by molar-refractivity contribution is 0.175. The predicted molar refractivity (Wildman–Crippen MR) is 63.5 cm³/mol. The summed E-state index contributed by atoms with van der Waals surface area (Å²) in [5.74, 6) is 6.19. The fourth-order valence-corrected chi connectivity index (χ4v) is 1.18. The Balaban J connectivity index is 2.80. The third-order valence-electron chi connectivity index (χ3n) is 2.23. The molecule has 0 fully saturated rings. The highest BCUT2D eigenvalue weighted by Gasteiger charge is 2.02. The number of hydrogen-bond acceptors (Lipinski definition) is 1. The standard InChI is InChI=1S/C14H16O/c1-4-12(2)14(15-3)11-10-13-8-6-5-7-9-13/h4-9,14H,1-3H3/b12-4+. The van der Waals surface area contributed by atoms with E-state index in [0.29, 0.717) is 0 Å². The molecule has 1 nitrogen and oxygen atoms in total. The quantitative estimate of drug-likeness (QED) is 0.526. The highest BCUT2D eigenvalue weighted by molar-refractivity contribution is 5.36. The summed E-state index contributed by atoms with van der Waals surface area (Å²) in [6.07, 6.45) is 1.92. The Morgan fingerprint density at radius 1 is 1.33 bits per heavy atom. The van der Waals surface area contributed by atoms with Gasteiger partial charge in [-0.05, 0) is 31.6 Å². The second kappa shape index (κ2) is 6.06. The van der Waals surface area contributed by atoms with E-state index in [2.05, 4.69) is 11.8 Å². The maximum absolute atomic E-state index is 5.28. The van der Waals surface area contributed by atoms with Crippen LogP contribution in [0.2, 0.25) is 0 Å². The lowest BCUT2D eigenvalue weighted by atomic mass is 10.1. The highest BCUT2D eigenvalue weighted by Crippen LogP contribution is 2.04. The van der Waals surface area contributed by atoms with Crippen molar-refractivity contribution in [2.75, 3.05) is 7.11 Å². The van der Waals surface area contributed by atoms with Crippen molar-refractivity contribution in [3.8, 4) is 11.8 Å². The summed E-state index contributed by atoms with van der Waals surface area (Å²) in [6, 6.07) is 9.92. The molecule has 0 aliphatic heterocycles. The summed E-state index contributed by atoms with van der Waals surface area (Å²) >= 11 is 0. The Morgan fingerprint density at radius 2 is 2.00 bits per heavy atom. The SMILES string of the molecule is C/C=C(\C)C(C#Cc1ccccc1)OC. The molecule has 0 heterocycles. The van der Waals surface area contributed by atoms with E-state index in [-0.39, 0.29) is 6.10 Å². The van der Waals surface area contributed by atoms with Crippen molar-refractivity contribution in [3.05, 3.63) is 47.5 Å². The summed E-state index contributed by atoms with van der Waals surface area (Å²) < 4.78 is 5.28. The Kier molecular flexibility index (Phi) is 4.66. The van der Waals surface area contributed by atoms with Crippen LogP contribution in [-0.4, -0.2) is 13.2 Å². The summed E-state index contributed by atoms with van der Waals surface area (Å²) in [5, 5.41) is 0. The molecule has 78 valence electrons. The van der Waals surface area contributed by atoms with Crippen LogP contribution in [0.25, 0.3) is 0 Å². The molecule has 0 N–H and O–H groups in total. The summed E-state index contributed by atoms with van der Waals surface area (Å²) in [4.78, 5) is 0. The maximum atomic E-state index is 5.28. The zero-order valence-corrected chi connectivity index (χ0v) is 9.45. The van der Waals surface area contributed by atoms with Crippen LogP contribution in [0.15, 0.2) is 42.0 Å². The van der Waals surface area contributed by atoms with Gasteiger partial charge in [0.25, 0.3) is 0 Å². The van der Waals surface area contributed by atoms with Crippen molar-refractivity contribution < 1.29 is 4.74 Å². The summed E-state index contributed by atoms with van der Waals surface area (Å²) in [7, 11) is 1.68. The fraction of sp³-hybridized carbons (Fsp3) is 0.286. The molecular weight excluding hydrogens is 184 g/mol. The van der Waals surface area contributed by atoms with E-state index >= 15 is 0 Å². The lowest BCUT2D eigenvalue weighted by Gasteiger charge is -2.07. The van der Waals surface area contributed by atoms with Crippen LogP contribution in [0.3, 0.4) is 0 Å². The smallest absolute Gasteiger partial charge is 0.139 e. The summed E-state index contributed by atoms with van der Waals surface area (Å²) in [5.41, 5.74) is 2.16. The van der Waals surface area contributed by atoms with Crippen molar-refractivity contribution in [1.29, 1.82) is 0 Å². The van der Waals surface area contributed by atoms with Gasteiger partial charge in [0.05, 0.1) is 0 Å². The van der Waals surface area contributed by atoms with E-state index in [1.807, 2.05) is 50.3 Å². The Labute approximate surface area is 91.8 Å². The van der Waals surface area contributed by atoms with Crippen LogP contribution in [0.4, 0.5) is 0 Å². The van der Waals surface area contributed by atoms with E-state index < -0.39 is 0 Å². The van der Waals surface area contributed by atoms with Gasteiger partial charge < -0.3 is 4.74 Å². The zero-order chi connectivity index (χ0) is 11.1. The molecule has 1 atom stereocenters. The Morgan fingerprint density at radius 3 is 2.53 bits per heavy atom. The van der Waals surface area contributed by atoms with Gasteiger partial charge in [0.2, 0.25) is 0 Å². The zero-order valence-electron chi connectivity index (χ0n) is 9.45. The number of benzene rings is 1. The van der Waals surface area contributed by atoms with E-state index in [1.54, 1.807) is 7.11 Å². The number of ether oxygens (including phenoxy) is 1. The molecule has 0 radical (unpaired) electrons. The molecule has 0 saturated carbocycles. The van der Waals surface area contributed by atoms with Gasteiger partial charge in [-0.1, -0.05) is 36.1 Å². The number of methoxy groups -OCH3 is 1. The van der Waals surface area contributed by atoms with Gasteiger partial charge in [0.1, 0.15) is 6.10 Å². The van der Waals surface area contributed by atoms with Gasteiger partial charge in [-0.25, -0.2) is 0 Å². The second-order valence-corrected chi connectivity index (χ2v) is 3.28. The first kappa shape index (κ1) is 11.6. The van der Waals surface area contributed by atoms with Crippen molar-refractivity contribution in [3.63, 3.8) is 0 Å². The minimum absolute atomic E-state index is 0.102. The van der Waals surface area contributed by atoms with Gasteiger partial charge in [-0.3, -0.25) is 0 Å². The molecule has 0 aromatic heterocycles. The molecule has 0 aliphatic rings. The molecule has 0 spiro atoms. The topological polar surface area (TPSA) is 9.23 Å². The molecule has 1 aromatic carbocycles. The van der Waals surface area contributed by atoms with Crippen LogP contribution in [0.1, 0.15) is 19.4 Å². The predicted octanol–water partition coefficient (Wildman–Crippen LogP) is 3.02. The van der Waals surface area contributed by atoms with E-state index in [9.17, 15) is 0 Å². The van der Waals surface area contributed by atoms with Gasteiger partial charge >= 0.3 is 0 Å². The normalized spacial score (nSPS) is 12.9. The van der Waals surface area contributed by atoms with Crippen molar-refractivity contribution >= 4 is 0 Å². The fourth-order valence-electron chi connectivity index (χ4n) is 1.18. The average molecular weight is 200 g/mol. The van der Waals surface area contributed by atoms with E-state index in [0.717, 1.165) is 11.1 Å². The number of hydrogen-bond donors (Lipinski definition) is 0. The van der Waals surface area contributed by atoms with Crippen LogP contribution in [0, 0.1) is 11.8 Å². The van der Waals surface area contributed by atoms with E-state index in [4.69, 9.17) is 4.74 Å². The molecule has 1 unspecified atom stereocenters. The van der Waals surface area contributed by atoms with Gasteiger partial charge in [0.15, 0.2) is 0 Å². The first-order chi connectivity index (χ1) is 7.27. The van der Waals surface area contributed by atoms with Gasteiger partial charge in [-0.15, -0.1) is 0 Å². The van der Waals surface area contributed by atoms with Crippen molar-refractivity contribution in [1.82, 2.24) is 0 Å². The van der Waals surface area contributed by atoms with Crippen molar-refractivity contribution in [2.45, 2.75) is 20.0 Å². The first-order valence-electron chi connectivity index (χ1n) is 5.00. The number of allylic oxidation sites excluding steroid dienone is 1. The molecule has 0 amide bonds. The molecule has 1 heteroatoms. The van der Waals surface area contributed by atoms with Crippen LogP contribution in [-0.2, 0) is 4.74 Å². The third-order valence-corrected chi connectivity index (χ3v) is 2.23. The average Bonchev–Trinajstić information content (AvgIpc) is 2.31. The Bertz CT molecular complexity index is 379. The molecule has 15 heavy (non-hydrogen) atoms. The second-order valence-electron chi connectivity index (χ2n) is 3.28. The third kappa shape index (κ3) is 3.61. The van der Waals surface area contributed by atoms with Crippen molar-refractivity contribution in [2.24, 2.45) is 0 Å². The highest BCUT2D eigenvalue weighted by atomic mass is 16.5. The van der Waals surface area contributed by atoms with Gasteiger partial charge in [0, 0.05) is 12.7 Å². The Hall–Kier alpha value is -1.52. The lowest BCUT2D eigenvalue weighted by Crippen LogP contribution is -2.08. The molecule has 1 aromatic rings. The minimum atomic E-state index is -0.102. The minimum Gasteiger partial charge on any atom is -0.364 e. The molecule has 0 bridgehead atoms. The van der Waals surface area contributed by atoms with E-state index in [1.165, 1.54) is 0 Å². The maximum Gasteiger partial charge on any atom is 0.139 e. The number of rotatable bonds is 2. The largest absolute Gasteiger partial charge is 0.364 e. The molecule has 0 saturated heterocycles. The van der Waals surface area contributed by atoms with Crippen LogP contribution >= 0.6 is 0 Å². The first-order valence-corrected chi connectivity index (χ1v) is 5.00. The van der Waals surface area contributed by atoms with Crippen LogP contribution in [0.5, 0.6) is 0 Å². The van der Waals surface area contributed by atoms with Crippen LogP contribution < -0.4 is 0 Å². The summed E-state index contributed by atoms with van der Waals surface area (Å²) in [6.45, 7) is 4.01. The molecule has 0 aliphatic carbocycles. The monoisotopic (exact) mass is 200 g/mol. The molecule has 1 rings (SSSR count). The molecular formula is C14H16O. The van der Waals surface area contributed by atoms with Gasteiger partial charge in [-0.2, -0.15) is 0 Å².